The molecule has 2 aromatic carbocycles. The number of nitrogens with zero attached hydrogens (tertiary/aromatic N) is 2. The lowest BCUT2D eigenvalue weighted by Crippen LogP contribution is -2.51. The Morgan fingerprint density at radius 2 is 1.90 bits per heavy atom. The number of hydrogen-bond donors (Lipinski definition) is 2. The first-order valence-corrected chi connectivity index (χ1v) is 10.3. The number of aliphatic imine (C=N–C) groups is 1. The molecule has 2 aromatic rings. The van der Waals surface area contributed by atoms with Gasteiger partial charge in [0.05, 0.1) is 0 Å². The lowest BCUT2D eigenvalue weighted by atomic mass is 9.97. The fourth-order valence-electron chi connectivity index (χ4n) is 4.03. The summed E-state index contributed by atoms with van der Waals surface area (Å²) in [6, 6.07) is 17.7. The van der Waals surface area contributed by atoms with E-state index < -0.39 is 0 Å². The number of fused-ring (bicyclic) bond motifs is 1. The number of piperidine rings is 1. The summed E-state index contributed by atoms with van der Waals surface area (Å²) in [6.45, 7) is 5.42. The van der Waals surface area contributed by atoms with Crippen molar-refractivity contribution in [3.8, 4) is 11.5 Å². The van der Waals surface area contributed by atoms with Gasteiger partial charge in [-0.2, -0.15) is 0 Å². The fourth-order valence-corrected chi connectivity index (χ4v) is 4.03. The van der Waals surface area contributed by atoms with E-state index >= 15 is 0 Å². The molecular formula is C23H31IN4O2. The molecule has 0 radical (unpaired) electrons. The smallest absolute Gasteiger partial charge is 0.231 e. The normalized spacial score (nSPS) is 21.1. The highest BCUT2D eigenvalue weighted by Crippen LogP contribution is 2.32. The molecule has 1 saturated heterocycles. The predicted molar refractivity (Wildman–Crippen MR) is 131 cm³/mol. The number of ether oxygens (including phenoxy) is 2. The maximum Gasteiger partial charge on any atom is 0.231 e. The first kappa shape index (κ1) is 22.7. The number of guanidine groups is 1. The van der Waals surface area contributed by atoms with Gasteiger partial charge >= 0.3 is 0 Å². The molecule has 0 saturated carbocycles. The van der Waals surface area contributed by atoms with E-state index in [9.17, 15) is 0 Å². The lowest BCUT2D eigenvalue weighted by Gasteiger charge is -2.38. The van der Waals surface area contributed by atoms with Crippen molar-refractivity contribution in [1.29, 1.82) is 0 Å². The zero-order chi connectivity index (χ0) is 20.1. The van der Waals surface area contributed by atoms with E-state index in [0.29, 0.717) is 25.4 Å². The molecule has 2 N–H and O–H groups in total. The summed E-state index contributed by atoms with van der Waals surface area (Å²) in [5, 5.41) is 7.02. The molecule has 0 spiro atoms. The van der Waals surface area contributed by atoms with Crippen molar-refractivity contribution in [3.05, 3.63) is 59.7 Å². The Hall–Kier alpha value is -2.00. The fraction of sp³-hybridized carbons (Fsp3) is 0.435. The third-order valence-electron chi connectivity index (χ3n) is 5.70. The van der Waals surface area contributed by atoms with Crippen LogP contribution in [0, 0.1) is 0 Å². The molecule has 0 aliphatic carbocycles. The Morgan fingerprint density at radius 3 is 2.67 bits per heavy atom. The van der Waals surface area contributed by atoms with Crippen molar-refractivity contribution in [3.63, 3.8) is 0 Å². The van der Waals surface area contributed by atoms with E-state index in [1.807, 2.05) is 19.2 Å². The van der Waals surface area contributed by atoms with Crippen molar-refractivity contribution >= 4 is 29.9 Å². The number of hydrogen-bond acceptors (Lipinski definition) is 4. The monoisotopic (exact) mass is 522 g/mol. The molecule has 30 heavy (non-hydrogen) atoms. The number of halogens is 1. The molecule has 2 unspecified atom stereocenters. The maximum absolute atomic E-state index is 5.46. The molecule has 4 rings (SSSR count). The van der Waals surface area contributed by atoms with Gasteiger partial charge < -0.3 is 20.1 Å². The minimum absolute atomic E-state index is 0. The van der Waals surface area contributed by atoms with Gasteiger partial charge in [0.25, 0.3) is 0 Å². The minimum atomic E-state index is 0. The van der Waals surface area contributed by atoms with Gasteiger partial charge in [-0.05, 0) is 43.0 Å². The zero-order valence-electron chi connectivity index (χ0n) is 17.6. The molecule has 6 nitrogen and oxygen atoms in total. The molecule has 1 fully saturated rings. The highest BCUT2D eigenvalue weighted by molar-refractivity contribution is 14.0. The van der Waals surface area contributed by atoms with Crippen LogP contribution >= 0.6 is 24.0 Å². The van der Waals surface area contributed by atoms with Crippen LogP contribution in [0.1, 0.15) is 30.9 Å². The standard InChI is InChI=1S/C23H30N4O2.HI/c1-17-12-20(10-11-27(17)15-18-6-4-3-5-7-18)26-23(24-2)25-14-19-8-9-21-22(13-19)29-16-28-21;/h3-9,13,17,20H,10-12,14-16H2,1-2H3,(H2,24,25,26);1H. The van der Waals surface area contributed by atoms with Crippen molar-refractivity contribution in [1.82, 2.24) is 15.5 Å². The Bertz CT molecular complexity index is 846. The summed E-state index contributed by atoms with van der Waals surface area (Å²) in [5.74, 6) is 2.47. The van der Waals surface area contributed by atoms with E-state index in [0.717, 1.165) is 49.0 Å². The highest BCUT2D eigenvalue weighted by Gasteiger charge is 2.26. The van der Waals surface area contributed by atoms with Crippen molar-refractivity contribution in [2.75, 3.05) is 20.4 Å². The number of nitrogens with one attached hydrogen (secondary N) is 2. The van der Waals surface area contributed by atoms with Gasteiger partial charge in [0, 0.05) is 38.8 Å². The number of benzene rings is 2. The summed E-state index contributed by atoms with van der Waals surface area (Å²) < 4.78 is 10.8. The molecule has 0 bridgehead atoms. The summed E-state index contributed by atoms with van der Waals surface area (Å²) in [7, 11) is 1.82. The van der Waals surface area contributed by atoms with Gasteiger partial charge in [-0.1, -0.05) is 36.4 Å². The van der Waals surface area contributed by atoms with Crippen molar-refractivity contribution < 1.29 is 9.47 Å². The predicted octanol–water partition coefficient (Wildman–Crippen LogP) is 3.75. The van der Waals surface area contributed by atoms with Gasteiger partial charge in [0.1, 0.15) is 0 Å². The van der Waals surface area contributed by atoms with E-state index in [2.05, 4.69) is 63.8 Å². The lowest BCUT2D eigenvalue weighted by molar-refractivity contribution is 0.134. The largest absolute Gasteiger partial charge is 0.454 e. The average molecular weight is 522 g/mol. The Balaban J connectivity index is 0.00000256. The van der Waals surface area contributed by atoms with Gasteiger partial charge in [-0.15, -0.1) is 24.0 Å². The SMILES string of the molecule is CN=C(NCc1ccc2c(c1)OCO2)NC1CCN(Cc2ccccc2)C(C)C1.I. The number of rotatable bonds is 5. The Morgan fingerprint density at radius 1 is 1.10 bits per heavy atom. The van der Waals surface area contributed by atoms with E-state index in [1.54, 1.807) is 0 Å². The molecule has 7 heteroatoms. The quantitative estimate of drug-likeness (QED) is 0.356. The third-order valence-corrected chi connectivity index (χ3v) is 5.70. The Labute approximate surface area is 196 Å². The zero-order valence-corrected chi connectivity index (χ0v) is 20.0. The van der Waals surface area contributed by atoms with Crippen molar-refractivity contribution in [2.24, 2.45) is 4.99 Å². The average Bonchev–Trinajstić information content (AvgIpc) is 3.21. The highest BCUT2D eigenvalue weighted by atomic mass is 127. The topological polar surface area (TPSA) is 58.1 Å². The molecule has 0 aromatic heterocycles. The maximum atomic E-state index is 5.46. The van der Waals surface area contributed by atoms with E-state index in [1.165, 1.54) is 5.56 Å². The van der Waals surface area contributed by atoms with Gasteiger partial charge in [-0.25, -0.2) is 0 Å². The van der Waals surface area contributed by atoms with Gasteiger partial charge in [0.2, 0.25) is 6.79 Å². The van der Waals surface area contributed by atoms with Crippen LogP contribution < -0.4 is 20.1 Å². The Kier molecular flexibility index (Phi) is 8.21. The van der Waals surface area contributed by atoms with Crippen LogP contribution in [0.5, 0.6) is 11.5 Å². The van der Waals surface area contributed by atoms with Crippen LogP contribution in [0.2, 0.25) is 0 Å². The van der Waals surface area contributed by atoms with Crippen LogP contribution in [0.15, 0.2) is 53.5 Å². The van der Waals surface area contributed by atoms with E-state index in [-0.39, 0.29) is 24.0 Å². The van der Waals surface area contributed by atoms with E-state index in [4.69, 9.17) is 9.47 Å². The first-order valence-electron chi connectivity index (χ1n) is 10.3. The van der Waals surface area contributed by atoms with Crippen LogP contribution in [-0.4, -0.2) is 43.3 Å². The first-order chi connectivity index (χ1) is 14.2. The molecule has 0 amide bonds. The summed E-state index contributed by atoms with van der Waals surface area (Å²) >= 11 is 0. The summed E-state index contributed by atoms with van der Waals surface area (Å²) in [4.78, 5) is 6.97. The molecular weight excluding hydrogens is 491 g/mol. The second-order valence-corrected chi connectivity index (χ2v) is 7.78. The third kappa shape index (κ3) is 5.78. The van der Waals surface area contributed by atoms with Gasteiger partial charge in [-0.3, -0.25) is 9.89 Å². The minimum Gasteiger partial charge on any atom is -0.454 e. The summed E-state index contributed by atoms with van der Waals surface area (Å²) in [5.41, 5.74) is 2.52. The van der Waals surface area contributed by atoms with Gasteiger partial charge in [0.15, 0.2) is 17.5 Å². The van der Waals surface area contributed by atoms with Crippen LogP contribution in [0.25, 0.3) is 0 Å². The number of likely N-dealkylation sites (tertiary alicyclic amines) is 1. The molecule has 2 aliphatic heterocycles. The second kappa shape index (κ2) is 10.9. The molecule has 162 valence electrons. The van der Waals surface area contributed by atoms with Crippen molar-refractivity contribution in [2.45, 2.75) is 44.9 Å². The van der Waals surface area contributed by atoms with Crippen LogP contribution in [0.3, 0.4) is 0 Å². The summed E-state index contributed by atoms with van der Waals surface area (Å²) in [6.07, 6.45) is 2.22. The second-order valence-electron chi connectivity index (χ2n) is 7.78. The van der Waals surface area contributed by atoms with Crippen LogP contribution in [0.4, 0.5) is 0 Å². The van der Waals surface area contributed by atoms with Crippen LogP contribution in [-0.2, 0) is 13.1 Å². The molecule has 2 atom stereocenters. The molecule has 2 heterocycles. The molecule has 2 aliphatic rings.